The molecule has 110 valence electrons. The highest BCUT2D eigenvalue weighted by atomic mass is 16.3. The fourth-order valence-electron chi connectivity index (χ4n) is 2.77. The highest BCUT2D eigenvalue weighted by Crippen LogP contribution is 2.18. The van der Waals surface area contributed by atoms with Gasteiger partial charge in [0.05, 0.1) is 17.7 Å². The van der Waals surface area contributed by atoms with E-state index in [1.807, 2.05) is 6.07 Å². The Bertz CT molecular complexity index is 740. The van der Waals surface area contributed by atoms with Gasteiger partial charge in [0.1, 0.15) is 0 Å². The Morgan fingerprint density at radius 1 is 1.33 bits per heavy atom. The Morgan fingerprint density at radius 3 is 2.81 bits per heavy atom. The smallest absolute Gasteiger partial charge is 0.254 e. The number of carbonyl (C=O) groups excluding carboxylic acids is 1. The molecule has 6 heteroatoms. The van der Waals surface area contributed by atoms with Crippen LogP contribution in [-0.4, -0.2) is 53.2 Å². The van der Waals surface area contributed by atoms with Crippen molar-refractivity contribution in [2.45, 2.75) is 12.1 Å². The van der Waals surface area contributed by atoms with Gasteiger partial charge in [0.15, 0.2) is 0 Å². The quantitative estimate of drug-likeness (QED) is 0.722. The first kappa shape index (κ1) is 13.8. The molecule has 3 N–H and O–H groups in total. The number of hydrogen-bond donors (Lipinski definition) is 3. The molecule has 1 amide bonds. The summed E-state index contributed by atoms with van der Waals surface area (Å²) in [5, 5.41) is 13.6. The van der Waals surface area contributed by atoms with Crippen molar-refractivity contribution in [3.8, 4) is 0 Å². The number of hydrogen-bond acceptors (Lipinski definition) is 4. The van der Waals surface area contributed by atoms with Gasteiger partial charge in [-0.1, -0.05) is 18.2 Å². The number of benzene rings is 1. The minimum Gasteiger partial charge on any atom is -0.390 e. The average molecular weight is 287 g/mol. The first-order chi connectivity index (χ1) is 10.1. The van der Waals surface area contributed by atoms with Gasteiger partial charge >= 0.3 is 0 Å². The van der Waals surface area contributed by atoms with Crippen LogP contribution in [0.2, 0.25) is 0 Å². The highest BCUT2D eigenvalue weighted by molar-refractivity contribution is 6.06. The van der Waals surface area contributed by atoms with Gasteiger partial charge in [-0.05, 0) is 6.07 Å². The zero-order valence-corrected chi connectivity index (χ0v) is 11.7. The summed E-state index contributed by atoms with van der Waals surface area (Å²) in [7, 11) is 1.65. The first-order valence-electron chi connectivity index (χ1n) is 6.86. The number of rotatable bonds is 2. The molecule has 1 aromatic carbocycles. The van der Waals surface area contributed by atoms with Crippen molar-refractivity contribution in [2.24, 2.45) is 0 Å². The average Bonchev–Trinajstić information content (AvgIpc) is 2.91. The number of pyridine rings is 1. The number of nitrogens with zero attached hydrogens (tertiary/aromatic N) is 1. The Kier molecular flexibility index (Phi) is 3.48. The number of aliphatic hydroxyl groups is 1. The van der Waals surface area contributed by atoms with Gasteiger partial charge in [0.2, 0.25) is 5.56 Å². The summed E-state index contributed by atoms with van der Waals surface area (Å²) >= 11 is 0. The van der Waals surface area contributed by atoms with Crippen molar-refractivity contribution >= 4 is 16.8 Å². The number of β-amino-alcohol motifs (C(OH)–C–C–N with tert-alkyl or cyclic N) is 1. The molecule has 0 saturated carbocycles. The molecule has 2 aromatic rings. The molecular weight excluding hydrogens is 270 g/mol. The van der Waals surface area contributed by atoms with E-state index in [1.165, 1.54) is 11.0 Å². The Labute approximate surface area is 121 Å². The van der Waals surface area contributed by atoms with Gasteiger partial charge in [0.25, 0.3) is 5.91 Å². The molecule has 0 unspecified atom stereocenters. The molecule has 1 aromatic heterocycles. The van der Waals surface area contributed by atoms with E-state index in [9.17, 15) is 14.7 Å². The molecule has 6 nitrogen and oxygen atoms in total. The number of carbonyl (C=O) groups is 1. The van der Waals surface area contributed by atoms with Crippen LogP contribution in [0.3, 0.4) is 0 Å². The lowest BCUT2D eigenvalue weighted by molar-refractivity contribution is 0.0583. The van der Waals surface area contributed by atoms with E-state index >= 15 is 0 Å². The van der Waals surface area contributed by atoms with Crippen molar-refractivity contribution in [1.82, 2.24) is 15.2 Å². The summed E-state index contributed by atoms with van der Waals surface area (Å²) in [6.45, 7) is 1.02. The number of amides is 1. The molecule has 0 aliphatic carbocycles. The van der Waals surface area contributed by atoms with Crippen LogP contribution < -0.4 is 10.9 Å². The fourth-order valence-corrected chi connectivity index (χ4v) is 2.77. The van der Waals surface area contributed by atoms with Crippen molar-refractivity contribution in [3.63, 3.8) is 0 Å². The number of aliphatic hydroxyl groups excluding tert-OH is 1. The maximum absolute atomic E-state index is 12.7. The number of aromatic nitrogens is 1. The van der Waals surface area contributed by atoms with E-state index in [2.05, 4.69) is 10.3 Å². The van der Waals surface area contributed by atoms with Gasteiger partial charge in [-0.25, -0.2) is 0 Å². The van der Waals surface area contributed by atoms with E-state index in [0.717, 1.165) is 0 Å². The third-order valence-electron chi connectivity index (χ3n) is 3.95. The van der Waals surface area contributed by atoms with E-state index in [1.54, 1.807) is 25.2 Å². The molecule has 3 rings (SSSR count). The number of H-pyrrole nitrogens is 1. The molecule has 21 heavy (non-hydrogen) atoms. The van der Waals surface area contributed by atoms with Crippen LogP contribution in [0.15, 0.2) is 35.1 Å². The summed E-state index contributed by atoms with van der Waals surface area (Å²) in [6, 6.07) is 8.23. The summed E-state index contributed by atoms with van der Waals surface area (Å²) in [5.74, 6) is -0.259. The van der Waals surface area contributed by atoms with Gasteiger partial charge < -0.3 is 20.3 Å². The van der Waals surface area contributed by atoms with Gasteiger partial charge in [-0.2, -0.15) is 0 Å². The molecule has 2 atom stereocenters. The highest BCUT2D eigenvalue weighted by Gasteiger charge is 2.32. The van der Waals surface area contributed by atoms with Gasteiger partial charge in [0, 0.05) is 37.1 Å². The lowest BCUT2D eigenvalue weighted by Crippen LogP contribution is -2.44. The second kappa shape index (κ2) is 5.31. The Balaban J connectivity index is 2.03. The number of likely N-dealkylation sites (N-methyl/N-ethyl adjacent to an activating group) is 1. The Morgan fingerprint density at radius 2 is 2.10 bits per heavy atom. The maximum Gasteiger partial charge on any atom is 0.254 e. The molecule has 0 bridgehead atoms. The van der Waals surface area contributed by atoms with Crippen molar-refractivity contribution in [1.29, 1.82) is 0 Å². The predicted molar refractivity (Wildman–Crippen MR) is 79.3 cm³/mol. The monoisotopic (exact) mass is 287 g/mol. The number of aromatic amines is 1. The molecule has 1 aliphatic rings. The zero-order chi connectivity index (χ0) is 15.0. The maximum atomic E-state index is 12.7. The summed E-state index contributed by atoms with van der Waals surface area (Å²) in [5.41, 5.74) is 0.679. The molecule has 0 radical (unpaired) electrons. The van der Waals surface area contributed by atoms with Crippen LogP contribution in [0.25, 0.3) is 10.9 Å². The summed E-state index contributed by atoms with van der Waals surface area (Å²) in [4.78, 5) is 28.6. The third-order valence-corrected chi connectivity index (χ3v) is 3.95. The van der Waals surface area contributed by atoms with E-state index in [4.69, 9.17) is 0 Å². The molecule has 0 spiro atoms. The van der Waals surface area contributed by atoms with Crippen LogP contribution >= 0.6 is 0 Å². The second-order valence-corrected chi connectivity index (χ2v) is 5.30. The lowest BCUT2D eigenvalue weighted by Gasteiger charge is -2.26. The third kappa shape index (κ3) is 2.43. The number of nitrogens with one attached hydrogen (secondary N) is 2. The van der Waals surface area contributed by atoms with Crippen molar-refractivity contribution < 1.29 is 9.90 Å². The van der Waals surface area contributed by atoms with Crippen LogP contribution in [-0.2, 0) is 0 Å². The molecular formula is C15H17N3O3. The minimum absolute atomic E-state index is 0.259. The minimum atomic E-state index is -0.591. The van der Waals surface area contributed by atoms with Crippen LogP contribution in [0.5, 0.6) is 0 Å². The zero-order valence-electron chi connectivity index (χ0n) is 11.7. The van der Waals surface area contributed by atoms with E-state index < -0.39 is 6.10 Å². The predicted octanol–water partition coefficient (Wildman–Crippen LogP) is -0.0672. The van der Waals surface area contributed by atoms with Crippen LogP contribution in [0.4, 0.5) is 0 Å². The van der Waals surface area contributed by atoms with Crippen molar-refractivity contribution in [2.75, 3.05) is 20.1 Å². The molecule has 1 fully saturated rings. The fraction of sp³-hybridized carbons (Fsp3) is 0.333. The van der Waals surface area contributed by atoms with Crippen LogP contribution in [0, 0.1) is 0 Å². The van der Waals surface area contributed by atoms with Gasteiger partial charge in [-0.15, -0.1) is 0 Å². The number of fused-ring (bicyclic) bond motifs is 1. The standard InChI is InChI=1S/C15H17N3O3/c1-18(12-7-16-8-13(12)19)15(21)10-6-14(20)17-11-5-3-2-4-9(10)11/h2-6,12-13,16,19H,7-8H2,1H3,(H,17,20)/t12-,13-/m0/s1. The Hall–Kier alpha value is -2.18. The topological polar surface area (TPSA) is 85.4 Å². The van der Waals surface area contributed by atoms with Gasteiger partial charge in [-0.3, -0.25) is 9.59 Å². The first-order valence-corrected chi connectivity index (χ1v) is 6.86. The molecule has 1 aliphatic heterocycles. The molecule has 1 saturated heterocycles. The summed E-state index contributed by atoms with van der Waals surface area (Å²) in [6.07, 6.45) is -0.591. The van der Waals surface area contributed by atoms with Crippen LogP contribution in [0.1, 0.15) is 10.4 Å². The molecule has 2 heterocycles. The van der Waals surface area contributed by atoms with E-state index in [-0.39, 0.29) is 17.5 Å². The normalized spacial score (nSPS) is 21.6. The number of para-hydroxylation sites is 1. The summed E-state index contributed by atoms with van der Waals surface area (Å²) < 4.78 is 0. The largest absolute Gasteiger partial charge is 0.390 e. The van der Waals surface area contributed by atoms with E-state index in [0.29, 0.717) is 29.6 Å². The second-order valence-electron chi connectivity index (χ2n) is 5.30. The SMILES string of the molecule is CN(C(=O)c1cc(=O)[nH]c2ccccc12)[C@H]1CNC[C@@H]1O. The van der Waals surface area contributed by atoms with Crippen molar-refractivity contribution in [3.05, 3.63) is 46.2 Å². The lowest BCUT2D eigenvalue weighted by atomic mass is 10.1.